The molecule has 0 spiro atoms. The van der Waals surface area contributed by atoms with Crippen LogP contribution < -0.4 is 10.6 Å². The molecule has 1 aliphatic rings. The number of carbonyl (C=O) groups is 3. The second kappa shape index (κ2) is 13.7. The first kappa shape index (κ1) is 30.5. The lowest BCUT2D eigenvalue weighted by molar-refractivity contribution is -0.143. The number of phenols is 1. The van der Waals surface area contributed by atoms with Crippen LogP contribution in [0.25, 0.3) is 0 Å². The van der Waals surface area contributed by atoms with Gasteiger partial charge in [-0.2, -0.15) is 0 Å². The smallest absolute Gasteiger partial charge is 0.408 e. The molecule has 8 heteroatoms. The quantitative estimate of drug-likeness (QED) is 0.387. The molecule has 3 N–H and O–H groups in total. The van der Waals surface area contributed by atoms with Gasteiger partial charge in [0.15, 0.2) is 0 Å². The highest BCUT2D eigenvalue weighted by atomic mass is 16.6. The minimum Gasteiger partial charge on any atom is -0.508 e. The summed E-state index contributed by atoms with van der Waals surface area (Å²) < 4.78 is 5.43. The maximum Gasteiger partial charge on any atom is 0.408 e. The van der Waals surface area contributed by atoms with Crippen LogP contribution in [0.2, 0.25) is 0 Å². The number of ether oxygens (including phenoxy) is 1. The van der Waals surface area contributed by atoms with Crippen molar-refractivity contribution >= 4 is 17.9 Å². The maximum absolute atomic E-state index is 14.1. The number of nitrogens with one attached hydrogen (secondary N) is 2. The fourth-order valence-corrected chi connectivity index (χ4v) is 4.80. The normalized spacial score (nSPS) is 16.1. The lowest BCUT2D eigenvalue weighted by atomic mass is 9.94. The van der Waals surface area contributed by atoms with Crippen LogP contribution in [0.5, 0.6) is 5.75 Å². The molecule has 0 heterocycles. The highest BCUT2D eigenvalue weighted by Crippen LogP contribution is 2.29. The summed E-state index contributed by atoms with van der Waals surface area (Å²) in [6, 6.07) is 3.36. The van der Waals surface area contributed by atoms with Crippen molar-refractivity contribution in [2.24, 2.45) is 5.92 Å². The molecule has 208 valence electrons. The molecule has 8 nitrogen and oxygen atoms in total. The Bertz CT molecular complexity index is 919. The predicted molar refractivity (Wildman–Crippen MR) is 145 cm³/mol. The zero-order valence-electron chi connectivity index (χ0n) is 23.7. The van der Waals surface area contributed by atoms with Gasteiger partial charge in [-0.15, -0.1) is 0 Å². The molecule has 0 aromatic heterocycles. The zero-order valence-corrected chi connectivity index (χ0v) is 23.7. The molecule has 0 radical (unpaired) electrons. The SMILES string of the molecule is CCCN(C(=O)C(CC(C)C)NC(=O)OC(C)(C)C)C(C(=O)NC1CCCCC1)c1ccc(O)c(C)c1. The van der Waals surface area contributed by atoms with Gasteiger partial charge >= 0.3 is 6.09 Å². The third-order valence-corrected chi connectivity index (χ3v) is 6.49. The summed E-state index contributed by atoms with van der Waals surface area (Å²) in [4.78, 5) is 42.1. The van der Waals surface area contributed by atoms with E-state index in [-0.39, 0.29) is 29.5 Å². The molecule has 2 rings (SSSR count). The van der Waals surface area contributed by atoms with E-state index in [2.05, 4.69) is 10.6 Å². The van der Waals surface area contributed by atoms with Crippen LogP contribution in [0.1, 0.15) is 104 Å². The summed E-state index contributed by atoms with van der Waals surface area (Å²) in [5.74, 6) is -0.305. The van der Waals surface area contributed by atoms with Crippen LogP contribution in [0.3, 0.4) is 0 Å². The van der Waals surface area contributed by atoms with Gasteiger partial charge in [-0.05, 0) is 82.6 Å². The van der Waals surface area contributed by atoms with Crippen LogP contribution in [0.15, 0.2) is 18.2 Å². The number of nitrogens with zero attached hydrogens (tertiary/aromatic N) is 1. The van der Waals surface area contributed by atoms with Crippen LogP contribution in [-0.2, 0) is 14.3 Å². The van der Waals surface area contributed by atoms with E-state index in [0.29, 0.717) is 30.5 Å². The minimum absolute atomic E-state index is 0.0758. The van der Waals surface area contributed by atoms with E-state index in [1.807, 2.05) is 20.8 Å². The van der Waals surface area contributed by atoms with E-state index >= 15 is 0 Å². The molecule has 37 heavy (non-hydrogen) atoms. The lowest BCUT2D eigenvalue weighted by Gasteiger charge is -2.36. The van der Waals surface area contributed by atoms with Crippen molar-refractivity contribution in [2.75, 3.05) is 6.54 Å². The van der Waals surface area contributed by atoms with Crippen LogP contribution in [0, 0.1) is 12.8 Å². The number of hydrogen-bond acceptors (Lipinski definition) is 5. The molecule has 1 aromatic rings. The van der Waals surface area contributed by atoms with Crippen LogP contribution in [-0.4, -0.2) is 52.1 Å². The lowest BCUT2D eigenvalue weighted by Crippen LogP contribution is -2.54. The summed E-state index contributed by atoms with van der Waals surface area (Å²) in [7, 11) is 0. The molecule has 0 bridgehead atoms. The number of alkyl carbamates (subject to hydrolysis) is 1. The van der Waals surface area contributed by atoms with Crippen molar-refractivity contribution in [3.63, 3.8) is 0 Å². The average Bonchev–Trinajstić information content (AvgIpc) is 2.79. The van der Waals surface area contributed by atoms with Crippen LogP contribution >= 0.6 is 0 Å². The molecule has 2 atom stereocenters. The van der Waals surface area contributed by atoms with Gasteiger partial charge in [0.25, 0.3) is 0 Å². The summed E-state index contributed by atoms with van der Waals surface area (Å²) in [6.07, 6.45) is 5.53. The second-order valence-electron chi connectivity index (χ2n) is 11.7. The first-order chi connectivity index (χ1) is 17.3. The van der Waals surface area contributed by atoms with Gasteiger partial charge in [0.1, 0.15) is 23.4 Å². The Morgan fingerprint density at radius 2 is 1.78 bits per heavy atom. The van der Waals surface area contributed by atoms with E-state index in [1.165, 1.54) is 6.42 Å². The molecular formula is C29H47N3O5. The molecule has 2 unspecified atom stereocenters. The number of benzene rings is 1. The van der Waals surface area contributed by atoms with Gasteiger partial charge < -0.3 is 25.4 Å². The number of carbonyl (C=O) groups excluding carboxylic acids is 3. The summed E-state index contributed by atoms with van der Waals surface area (Å²) in [5, 5.41) is 16.1. The van der Waals surface area contributed by atoms with Crippen molar-refractivity contribution in [1.82, 2.24) is 15.5 Å². The highest BCUT2D eigenvalue weighted by Gasteiger charge is 2.37. The van der Waals surface area contributed by atoms with Gasteiger partial charge in [0.2, 0.25) is 11.8 Å². The number of phenolic OH excluding ortho intramolecular Hbond substituents is 1. The summed E-state index contributed by atoms with van der Waals surface area (Å²) in [5.41, 5.74) is 0.554. The van der Waals surface area contributed by atoms with Crippen molar-refractivity contribution in [1.29, 1.82) is 0 Å². The van der Waals surface area contributed by atoms with Gasteiger partial charge in [0.05, 0.1) is 0 Å². The van der Waals surface area contributed by atoms with Crippen molar-refractivity contribution in [2.45, 2.75) is 117 Å². The number of hydrogen-bond donors (Lipinski definition) is 3. The molecule has 1 aromatic carbocycles. The monoisotopic (exact) mass is 517 g/mol. The summed E-state index contributed by atoms with van der Waals surface area (Å²) in [6.45, 7) is 13.3. The number of aromatic hydroxyl groups is 1. The van der Waals surface area contributed by atoms with Crippen molar-refractivity contribution in [3.05, 3.63) is 29.3 Å². The van der Waals surface area contributed by atoms with Crippen molar-refractivity contribution < 1.29 is 24.2 Å². The zero-order chi connectivity index (χ0) is 27.8. The first-order valence-electron chi connectivity index (χ1n) is 13.7. The van der Waals surface area contributed by atoms with E-state index in [0.717, 1.165) is 25.7 Å². The van der Waals surface area contributed by atoms with Crippen molar-refractivity contribution in [3.8, 4) is 5.75 Å². The fraction of sp³-hybridized carbons (Fsp3) is 0.690. The van der Waals surface area contributed by atoms with E-state index in [1.54, 1.807) is 50.8 Å². The van der Waals surface area contributed by atoms with Gasteiger partial charge in [0, 0.05) is 12.6 Å². The summed E-state index contributed by atoms with van der Waals surface area (Å²) >= 11 is 0. The Labute approximate surface area is 222 Å². The number of aryl methyl sites for hydroxylation is 1. The molecule has 1 saturated carbocycles. The number of rotatable bonds is 10. The molecule has 3 amide bonds. The minimum atomic E-state index is -0.885. The highest BCUT2D eigenvalue weighted by molar-refractivity contribution is 5.92. The Hall–Kier alpha value is -2.77. The van der Waals surface area contributed by atoms with Gasteiger partial charge in [-0.25, -0.2) is 4.79 Å². The molecule has 0 saturated heterocycles. The number of amides is 3. The predicted octanol–water partition coefficient (Wildman–Crippen LogP) is 5.37. The van der Waals surface area contributed by atoms with Crippen LogP contribution in [0.4, 0.5) is 4.79 Å². The Kier molecular flexibility index (Phi) is 11.3. The molecule has 1 aliphatic carbocycles. The Balaban J connectivity index is 2.45. The third-order valence-electron chi connectivity index (χ3n) is 6.49. The fourth-order valence-electron chi connectivity index (χ4n) is 4.80. The molecule has 1 fully saturated rings. The average molecular weight is 518 g/mol. The Morgan fingerprint density at radius 1 is 1.14 bits per heavy atom. The third kappa shape index (κ3) is 9.56. The Morgan fingerprint density at radius 3 is 2.32 bits per heavy atom. The van der Waals surface area contributed by atoms with Gasteiger partial charge in [-0.3, -0.25) is 9.59 Å². The largest absolute Gasteiger partial charge is 0.508 e. The molecular weight excluding hydrogens is 470 g/mol. The second-order valence-corrected chi connectivity index (χ2v) is 11.7. The molecule has 0 aliphatic heterocycles. The van der Waals surface area contributed by atoms with E-state index in [4.69, 9.17) is 4.74 Å². The topological polar surface area (TPSA) is 108 Å². The van der Waals surface area contributed by atoms with Gasteiger partial charge in [-0.1, -0.05) is 46.1 Å². The van der Waals surface area contributed by atoms with E-state index < -0.39 is 23.8 Å². The maximum atomic E-state index is 14.1. The first-order valence-corrected chi connectivity index (χ1v) is 13.7. The standard InChI is InChI=1S/C29H47N3O5/c1-8-16-32(27(35)23(17-19(2)3)31-28(36)37-29(5,6)7)25(21-14-15-24(33)20(4)18-21)26(34)30-22-12-10-9-11-13-22/h14-15,18-19,22-23,25,33H,8-13,16-17H2,1-7H3,(H,30,34)(H,31,36). The van der Waals surface area contributed by atoms with E-state index in [9.17, 15) is 19.5 Å².